The van der Waals surface area contributed by atoms with Crippen LogP contribution in [0.4, 0.5) is 11.5 Å². The van der Waals surface area contributed by atoms with Gasteiger partial charge in [0.2, 0.25) is 0 Å². The summed E-state index contributed by atoms with van der Waals surface area (Å²) in [6.45, 7) is 0.581. The lowest BCUT2D eigenvalue weighted by Gasteiger charge is -2.10. The Labute approximate surface area is 140 Å². The number of anilines is 2. The molecule has 0 aliphatic carbocycles. The molecule has 5 heteroatoms. The number of fused-ring (bicyclic) bond motifs is 1. The molecule has 0 amide bonds. The van der Waals surface area contributed by atoms with E-state index < -0.39 is 0 Å². The van der Waals surface area contributed by atoms with Gasteiger partial charge in [0.1, 0.15) is 17.9 Å². The smallest absolute Gasteiger partial charge is 0.141 e. The van der Waals surface area contributed by atoms with Crippen molar-refractivity contribution in [3.63, 3.8) is 0 Å². The number of aromatic nitrogens is 2. The van der Waals surface area contributed by atoms with Crippen LogP contribution >= 0.6 is 0 Å². The van der Waals surface area contributed by atoms with Crippen LogP contribution in [0.25, 0.3) is 10.9 Å². The second-order valence-corrected chi connectivity index (χ2v) is 5.18. The van der Waals surface area contributed by atoms with Gasteiger partial charge >= 0.3 is 0 Å². The Hall–Kier alpha value is -3.10. The van der Waals surface area contributed by atoms with Crippen LogP contribution in [0, 0.1) is 12.3 Å². The van der Waals surface area contributed by atoms with Gasteiger partial charge in [-0.3, -0.25) is 0 Å². The Morgan fingerprint density at radius 2 is 2.08 bits per heavy atom. The number of nitrogens with one attached hydrogen (secondary N) is 1. The van der Waals surface area contributed by atoms with Crippen LogP contribution in [0.5, 0.6) is 5.75 Å². The molecule has 120 valence electrons. The van der Waals surface area contributed by atoms with Crippen molar-refractivity contribution in [2.75, 3.05) is 18.5 Å². The number of ether oxygens (including phenoxy) is 1. The molecule has 1 aromatic heterocycles. The summed E-state index contributed by atoms with van der Waals surface area (Å²) >= 11 is 0. The van der Waals surface area contributed by atoms with Crippen LogP contribution in [0.2, 0.25) is 0 Å². The van der Waals surface area contributed by atoms with Gasteiger partial charge in [0.15, 0.2) is 0 Å². The quantitative estimate of drug-likeness (QED) is 0.540. The molecule has 2 N–H and O–H groups in total. The highest BCUT2D eigenvalue weighted by atomic mass is 16.5. The highest BCUT2D eigenvalue weighted by Crippen LogP contribution is 2.26. The first-order valence-electron chi connectivity index (χ1n) is 7.62. The van der Waals surface area contributed by atoms with Crippen LogP contribution < -0.4 is 10.1 Å². The number of hydrogen-bond donors (Lipinski definition) is 2. The highest BCUT2D eigenvalue weighted by Gasteiger charge is 2.06. The van der Waals surface area contributed by atoms with Crippen molar-refractivity contribution in [3.8, 4) is 18.1 Å². The summed E-state index contributed by atoms with van der Waals surface area (Å²) in [5.74, 6) is 4.04. The Balaban J connectivity index is 1.87. The average Bonchev–Trinajstić information content (AvgIpc) is 2.62. The number of nitrogens with zero attached hydrogens (tertiary/aromatic N) is 2. The van der Waals surface area contributed by atoms with Gasteiger partial charge in [-0.1, -0.05) is 12.0 Å². The van der Waals surface area contributed by atoms with Crippen LogP contribution in [-0.2, 0) is 0 Å². The molecule has 0 aliphatic rings. The second-order valence-electron chi connectivity index (χ2n) is 5.18. The van der Waals surface area contributed by atoms with E-state index >= 15 is 0 Å². The standard InChI is InChI=1S/C19H17N3O2/c1-2-14-5-3-6-15(11-14)22-19-17-8-7-16(24-10-4-9-23)12-18(17)20-13-21-19/h1,3,5-8,11-13,23H,4,9-10H2,(H,20,21,22). The predicted octanol–water partition coefficient (Wildman–Crippen LogP) is 3.12. The molecule has 2 aromatic carbocycles. The largest absolute Gasteiger partial charge is 0.493 e. The Bertz CT molecular complexity index is 887. The molecule has 5 nitrogen and oxygen atoms in total. The van der Waals surface area contributed by atoms with E-state index in [2.05, 4.69) is 21.2 Å². The molecular formula is C19H17N3O2. The SMILES string of the molecule is C#Cc1cccc(Nc2ncnc3cc(OCCCO)ccc23)c1. The van der Waals surface area contributed by atoms with E-state index in [9.17, 15) is 0 Å². The Kier molecular flexibility index (Phi) is 4.90. The zero-order valence-corrected chi connectivity index (χ0v) is 13.1. The van der Waals surface area contributed by atoms with E-state index in [1.807, 2.05) is 42.5 Å². The summed E-state index contributed by atoms with van der Waals surface area (Å²) in [6, 6.07) is 13.2. The van der Waals surface area contributed by atoms with Crippen molar-refractivity contribution < 1.29 is 9.84 Å². The molecule has 0 bridgehead atoms. The summed E-state index contributed by atoms with van der Waals surface area (Å²) in [4.78, 5) is 8.61. The molecule has 1 heterocycles. The number of aliphatic hydroxyl groups is 1. The molecule has 24 heavy (non-hydrogen) atoms. The first kappa shape index (κ1) is 15.8. The zero-order valence-electron chi connectivity index (χ0n) is 13.1. The van der Waals surface area contributed by atoms with Gasteiger partial charge in [0, 0.05) is 35.7 Å². The second kappa shape index (κ2) is 7.44. The topological polar surface area (TPSA) is 67.3 Å². The zero-order chi connectivity index (χ0) is 16.8. The van der Waals surface area contributed by atoms with Gasteiger partial charge < -0.3 is 15.2 Å². The van der Waals surface area contributed by atoms with Crippen molar-refractivity contribution in [3.05, 3.63) is 54.4 Å². The monoisotopic (exact) mass is 319 g/mol. The fourth-order valence-corrected chi connectivity index (χ4v) is 2.30. The Morgan fingerprint density at radius 1 is 1.17 bits per heavy atom. The molecular weight excluding hydrogens is 302 g/mol. The van der Waals surface area contributed by atoms with Crippen molar-refractivity contribution in [2.24, 2.45) is 0 Å². The van der Waals surface area contributed by atoms with Crippen LogP contribution in [0.1, 0.15) is 12.0 Å². The van der Waals surface area contributed by atoms with Gasteiger partial charge in [-0.2, -0.15) is 0 Å². The number of benzene rings is 2. The first-order valence-corrected chi connectivity index (χ1v) is 7.62. The molecule has 3 rings (SSSR count). The van der Waals surface area contributed by atoms with E-state index in [0.29, 0.717) is 18.8 Å². The summed E-state index contributed by atoms with van der Waals surface area (Å²) < 4.78 is 5.58. The summed E-state index contributed by atoms with van der Waals surface area (Å²) in [5, 5.41) is 13.0. The molecule has 3 aromatic rings. The first-order chi connectivity index (χ1) is 11.8. The maximum Gasteiger partial charge on any atom is 0.141 e. The lowest BCUT2D eigenvalue weighted by atomic mass is 10.2. The van der Waals surface area contributed by atoms with E-state index in [4.69, 9.17) is 16.3 Å². The predicted molar refractivity (Wildman–Crippen MR) is 94.4 cm³/mol. The summed E-state index contributed by atoms with van der Waals surface area (Å²) in [5.41, 5.74) is 2.45. The van der Waals surface area contributed by atoms with Crippen molar-refractivity contribution in [2.45, 2.75) is 6.42 Å². The normalized spacial score (nSPS) is 10.3. The fourth-order valence-electron chi connectivity index (χ4n) is 2.30. The summed E-state index contributed by atoms with van der Waals surface area (Å²) in [7, 11) is 0. The van der Waals surface area contributed by atoms with Gasteiger partial charge in [-0.15, -0.1) is 6.42 Å². The van der Waals surface area contributed by atoms with Gasteiger partial charge in [-0.05, 0) is 30.3 Å². The van der Waals surface area contributed by atoms with Crippen LogP contribution in [0.15, 0.2) is 48.8 Å². The van der Waals surface area contributed by atoms with E-state index in [1.165, 1.54) is 6.33 Å². The molecule has 0 atom stereocenters. The number of aliphatic hydroxyl groups excluding tert-OH is 1. The third-order valence-electron chi connectivity index (χ3n) is 3.47. The molecule has 0 unspecified atom stereocenters. The number of hydrogen-bond acceptors (Lipinski definition) is 5. The van der Waals surface area contributed by atoms with Crippen molar-refractivity contribution >= 4 is 22.4 Å². The van der Waals surface area contributed by atoms with Crippen LogP contribution in [0.3, 0.4) is 0 Å². The minimum Gasteiger partial charge on any atom is -0.493 e. The number of terminal acetylenes is 1. The molecule has 0 spiro atoms. The molecule has 0 saturated heterocycles. The maximum atomic E-state index is 8.81. The van der Waals surface area contributed by atoms with Gasteiger partial charge in [-0.25, -0.2) is 9.97 Å². The average molecular weight is 319 g/mol. The van der Waals surface area contributed by atoms with Crippen molar-refractivity contribution in [1.29, 1.82) is 0 Å². The van der Waals surface area contributed by atoms with Crippen LogP contribution in [-0.4, -0.2) is 28.3 Å². The minimum absolute atomic E-state index is 0.112. The third-order valence-corrected chi connectivity index (χ3v) is 3.47. The van der Waals surface area contributed by atoms with Crippen molar-refractivity contribution in [1.82, 2.24) is 9.97 Å². The Morgan fingerprint density at radius 3 is 2.92 bits per heavy atom. The molecule has 0 fully saturated rings. The minimum atomic E-state index is 0.112. The maximum absolute atomic E-state index is 8.81. The lowest BCUT2D eigenvalue weighted by Crippen LogP contribution is -2.00. The summed E-state index contributed by atoms with van der Waals surface area (Å²) in [6.07, 6.45) is 7.54. The molecule has 0 aliphatic heterocycles. The molecule has 0 saturated carbocycles. The third kappa shape index (κ3) is 3.62. The number of rotatable bonds is 6. The van der Waals surface area contributed by atoms with E-state index in [0.717, 1.165) is 27.9 Å². The lowest BCUT2D eigenvalue weighted by molar-refractivity contribution is 0.233. The van der Waals surface area contributed by atoms with E-state index in [1.54, 1.807) is 0 Å². The highest BCUT2D eigenvalue weighted by molar-refractivity contribution is 5.91. The molecule has 0 radical (unpaired) electrons. The van der Waals surface area contributed by atoms with E-state index in [-0.39, 0.29) is 6.61 Å². The fraction of sp³-hybridized carbons (Fsp3) is 0.158. The van der Waals surface area contributed by atoms with Gasteiger partial charge in [0.25, 0.3) is 0 Å². The van der Waals surface area contributed by atoms with Gasteiger partial charge in [0.05, 0.1) is 12.1 Å².